The number of fused-ring (bicyclic) bond motifs is 1. The zero-order valence-electron chi connectivity index (χ0n) is 12.7. The van der Waals surface area contributed by atoms with Crippen molar-refractivity contribution in [3.63, 3.8) is 0 Å². The summed E-state index contributed by atoms with van der Waals surface area (Å²) in [5.74, 6) is 3.56. The van der Waals surface area contributed by atoms with Gasteiger partial charge in [-0.05, 0) is 43.2 Å². The van der Waals surface area contributed by atoms with Crippen molar-refractivity contribution in [2.24, 2.45) is 5.73 Å². The largest absolute Gasteiger partial charge is 0.356 e. The van der Waals surface area contributed by atoms with Gasteiger partial charge >= 0.3 is 0 Å². The Balaban J connectivity index is 2.04. The molecule has 1 saturated heterocycles. The second kappa shape index (κ2) is 6.24. The van der Waals surface area contributed by atoms with E-state index in [2.05, 4.69) is 49.2 Å². The highest BCUT2D eigenvalue weighted by Crippen LogP contribution is 2.29. The number of nitrogens with zero attached hydrogens (tertiary/aromatic N) is 2. The van der Waals surface area contributed by atoms with E-state index in [4.69, 9.17) is 10.7 Å². The fourth-order valence-electron chi connectivity index (χ4n) is 2.95. The Morgan fingerprint density at radius 2 is 2.24 bits per heavy atom. The number of pyridine rings is 1. The lowest BCUT2D eigenvalue weighted by molar-refractivity contribution is 0.679. The van der Waals surface area contributed by atoms with Crippen LogP contribution < -0.4 is 10.6 Å². The number of thioether (sulfide) groups is 1. The van der Waals surface area contributed by atoms with E-state index in [-0.39, 0.29) is 6.04 Å². The SMILES string of the molecule is CC(N)Cc1cc2ccccc2nc1N(C)C1CCSC1. The quantitative estimate of drug-likeness (QED) is 0.942. The van der Waals surface area contributed by atoms with E-state index >= 15 is 0 Å². The number of rotatable bonds is 4. The van der Waals surface area contributed by atoms with Gasteiger partial charge in [0.1, 0.15) is 5.82 Å². The Morgan fingerprint density at radius 1 is 1.43 bits per heavy atom. The van der Waals surface area contributed by atoms with Crippen LogP contribution in [0.1, 0.15) is 18.9 Å². The lowest BCUT2D eigenvalue weighted by Crippen LogP contribution is -2.33. The molecule has 0 saturated carbocycles. The summed E-state index contributed by atoms with van der Waals surface area (Å²) >= 11 is 2.03. The van der Waals surface area contributed by atoms with E-state index in [9.17, 15) is 0 Å². The predicted octanol–water partition coefficient (Wildman–Crippen LogP) is 3.07. The molecule has 21 heavy (non-hydrogen) atoms. The molecule has 0 spiro atoms. The molecule has 2 N–H and O–H groups in total. The molecular weight excluding hydrogens is 278 g/mol. The minimum atomic E-state index is 0.151. The molecule has 1 aromatic heterocycles. The Hall–Kier alpha value is -1.26. The van der Waals surface area contributed by atoms with Gasteiger partial charge < -0.3 is 10.6 Å². The van der Waals surface area contributed by atoms with Gasteiger partial charge in [-0.2, -0.15) is 11.8 Å². The number of hydrogen-bond donors (Lipinski definition) is 1. The summed E-state index contributed by atoms with van der Waals surface area (Å²) in [5, 5.41) is 1.20. The number of aromatic nitrogens is 1. The molecule has 2 atom stereocenters. The molecule has 3 rings (SSSR count). The van der Waals surface area contributed by atoms with Crippen molar-refractivity contribution in [2.45, 2.75) is 31.8 Å². The fraction of sp³-hybridized carbons (Fsp3) is 0.471. The first kappa shape index (κ1) is 14.7. The first-order chi connectivity index (χ1) is 10.1. The molecule has 3 nitrogen and oxygen atoms in total. The lowest BCUT2D eigenvalue weighted by atomic mass is 10.0. The maximum atomic E-state index is 6.04. The van der Waals surface area contributed by atoms with Crippen molar-refractivity contribution in [3.05, 3.63) is 35.9 Å². The van der Waals surface area contributed by atoms with Crippen molar-refractivity contribution >= 4 is 28.5 Å². The molecule has 0 bridgehead atoms. The summed E-state index contributed by atoms with van der Waals surface area (Å²) in [7, 11) is 2.18. The van der Waals surface area contributed by atoms with E-state index in [0.717, 1.165) is 17.8 Å². The highest BCUT2D eigenvalue weighted by molar-refractivity contribution is 7.99. The third-order valence-electron chi connectivity index (χ3n) is 4.11. The van der Waals surface area contributed by atoms with Crippen LogP contribution in [0.5, 0.6) is 0 Å². The van der Waals surface area contributed by atoms with Crippen LogP contribution in [0.15, 0.2) is 30.3 Å². The summed E-state index contributed by atoms with van der Waals surface area (Å²) in [6.45, 7) is 2.06. The van der Waals surface area contributed by atoms with Gasteiger partial charge in [-0.3, -0.25) is 0 Å². The minimum absolute atomic E-state index is 0.151. The Labute approximate surface area is 130 Å². The Bertz CT molecular complexity index is 620. The summed E-state index contributed by atoms with van der Waals surface area (Å²) < 4.78 is 0. The minimum Gasteiger partial charge on any atom is -0.356 e. The molecule has 1 fully saturated rings. The highest BCUT2D eigenvalue weighted by Gasteiger charge is 2.23. The second-order valence-corrected chi connectivity index (χ2v) is 7.12. The van der Waals surface area contributed by atoms with Gasteiger partial charge in [0.05, 0.1) is 5.52 Å². The van der Waals surface area contributed by atoms with Crippen LogP contribution in [-0.2, 0) is 6.42 Å². The lowest BCUT2D eigenvalue weighted by Gasteiger charge is -2.28. The summed E-state index contributed by atoms with van der Waals surface area (Å²) in [6, 6.07) is 11.3. The van der Waals surface area contributed by atoms with Crippen molar-refractivity contribution in [1.29, 1.82) is 0 Å². The van der Waals surface area contributed by atoms with Crippen molar-refractivity contribution in [3.8, 4) is 0 Å². The predicted molar refractivity (Wildman–Crippen MR) is 93.2 cm³/mol. The number of benzene rings is 1. The van der Waals surface area contributed by atoms with Crippen LogP contribution in [0.25, 0.3) is 10.9 Å². The molecule has 1 aliphatic rings. The molecule has 2 heterocycles. The normalized spacial score (nSPS) is 19.9. The summed E-state index contributed by atoms with van der Waals surface area (Å²) in [6.07, 6.45) is 2.12. The average molecular weight is 301 g/mol. The van der Waals surface area contributed by atoms with Crippen LogP contribution in [0.3, 0.4) is 0 Å². The van der Waals surface area contributed by atoms with Gasteiger partial charge in [0.15, 0.2) is 0 Å². The third-order valence-corrected chi connectivity index (χ3v) is 5.25. The van der Waals surface area contributed by atoms with Crippen LogP contribution in [0.4, 0.5) is 5.82 Å². The molecule has 4 heteroatoms. The van der Waals surface area contributed by atoms with Crippen LogP contribution >= 0.6 is 11.8 Å². The van der Waals surface area contributed by atoms with Crippen LogP contribution in [0, 0.1) is 0 Å². The average Bonchev–Trinajstić information content (AvgIpc) is 2.99. The number of nitrogens with two attached hydrogens (primary N) is 1. The number of hydrogen-bond acceptors (Lipinski definition) is 4. The Morgan fingerprint density at radius 3 is 2.95 bits per heavy atom. The molecule has 1 aliphatic heterocycles. The zero-order chi connectivity index (χ0) is 14.8. The summed E-state index contributed by atoms with van der Waals surface area (Å²) in [4.78, 5) is 7.30. The van der Waals surface area contributed by atoms with E-state index in [1.54, 1.807) is 0 Å². The molecule has 112 valence electrons. The Kier molecular flexibility index (Phi) is 4.36. The topological polar surface area (TPSA) is 42.1 Å². The highest BCUT2D eigenvalue weighted by atomic mass is 32.2. The first-order valence-corrected chi connectivity index (χ1v) is 8.75. The molecule has 0 aliphatic carbocycles. The molecular formula is C17H23N3S. The van der Waals surface area contributed by atoms with Crippen molar-refractivity contribution < 1.29 is 0 Å². The molecule has 2 aromatic rings. The zero-order valence-corrected chi connectivity index (χ0v) is 13.6. The van der Waals surface area contributed by atoms with Gasteiger partial charge in [0.25, 0.3) is 0 Å². The molecule has 0 radical (unpaired) electrons. The maximum absolute atomic E-state index is 6.04. The molecule has 0 amide bonds. The van der Waals surface area contributed by atoms with E-state index in [1.165, 1.54) is 28.9 Å². The van der Waals surface area contributed by atoms with Gasteiger partial charge in [-0.25, -0.2) is 4.98 Å². The van der Waals surface area contributed by atoms with Crippen LogP contribution in [0.2, 0.25) is 0 Å². The van der Waals surface area contributed by atoms with Crippen LogP contribution in [-0.4, -0.2) is 35.6 Å². The number of para-hydroxylation sites is 1. The van der Waals surface area contributed by atoms with E-state index in [1.807, 2.05) is 11.8 Å². The maximum Gasteiger partial charge on any atom is 0.132 e. The molecule has 1 aromatic carbocycles. The standard InChI is InChI=1S/C17H23N3S/c1-12(18)9-14-10-13-5-3-4-6-16(13)19-17(14)20(2)15-7-8-21-11-15/h3-6,10,12,15H,7-9,11,18H2,1-2H3. The fourth-order valence-corrected chi connectivity index (χ4v) is 4.22. The van der Waals surface area contributed by atoms with Gasteiger partial charge in [-0.1, -0.05) is 18.2 Å². The summed E-state index contributed by atoms with van der Waals surface area (Å²) in [5.41, 5.74) is 8.38. The first-order valence-electron chi connectivity index (χ1n) is 7.60. The second-order valence-electron chi connectivity index (χ2n) is 5.97. The van der Waals surface area contributed by atoms with Gasteiger partial charge in [0, 0.05) is 30.3 Å². The van der Waals surface area contributed by atoms with Gasteiger partial charge in [0.2, 0.25) is 0 Å². The van der Waals surface area contributed by atoms with E-state index < -0.39 is 0 Å². The van der Waals surface area contributed by atoms with Crippen molar-refractivity contribution in [1.82, 2.24) is 4.98 Å². The number of anilines is 1. The van der Waals surface area contributed by atoms with Gasteiger partial charge in [-0.15, -0.1) is 0 Å². The van der Waals surface area contributed by atoms with Crippen molar-refractivity contribution in [2.75, 3.05) is 23.5 Å². The van der Waals surface area contributed by atoms with E-state index in [0.29, 0.717) is 6.04 Å². The smallest absolute Gasteiger partial charge is 0.132 e. The third kappa shape index (κ3) is 3.16. The molecule has 2 unspecified atom stereocenters. The monoisotopic (exact) mass is 301 g/mol.